The van der Waals surface area contributed by atoms with Gasteiger partial charge >= 0.3 is 0 Å². The van der Waals surface area contributed by atoms with Crippen LogP contribution in [0.5, 0.6) is 0 Å². The number of benzene rings is 1. The summed E-state index contributed by atoms with van der Waals surface area (Å²) in [5.74, 6) is 0.00283. The Labute approximate surface area is 130 Å². The Balaban J connectivity index is 1.88. The Hall–Kier alpha value is -2.17. The molecule has 0 bridgehead atoms. The summed E-state index contributed by atoms with van der Waals surface area (Å²) >= 11 is 0. The summed E-state index contributed by atoms with van der Waals surface area (Å²) in [6.07, 6.45) is 3.33. The summed E-state index contributed by atoms with van der Waals surface area (Å²) < 4.78 is 0. The lowest BCUT2D eigenvalue weighted by atomic mass is 10.0. The molecule has 0 aliphatic carbocycles. The van der Waals surface area contributed by atoms with Gasteiger partial charge in [-0.2, -0.15) is 9.90 Å². The van der Waals surface area contributed by atoms with E-state index < -0.39 is 0 Å². The van der Waals surface area contributed by atoms with Crippen LogP contribution in [0.2, 0.25) is 0 Å². The molecule has 22 heavy (non-hydrogen) atoms. The molecule has 1 amide bonds. The molecule has 0 N–H and O–H groups in total. The van der Waals surface area contributed by atoms with Crippen LogP contribution in [0.3, 0.4) is 0 Å². The Morgan fingerprint density at radius 1 is 1.14 bits per heavy atom. The second kappa shape index (κ2) is 5.91. The van der Waals surface area contributed by atoms with Gasteiger partial charge in [0.2, 0.25) is 0 Å². The highest BCUT2D eigenvalue weighted by atomic mass is 16.2. The van der Waals surface area contributed by atoms with Crippen LogP contribution in [0.25, 0.3) is 5.69 Å². The average molecular weight is 298 g/mol. The summed E-state index contributed by atoms with van der Waals surface area (Å²) in [5, 5.41) is 8.84. The van der Waals surface area contributed by atoms with Gasteiger partial charge in [0.25, 0.3) is 5.91 Å². The lowest BCUT2D eigenvalue weighted by Gasteiger charge is -2.32. The highest BCUT2D eigenvalue weighted by molar-refractivity contribution is 5.93. The molecule has 1 aromatic heterocycles. The maximum atomic E-state index is 12.7. The van der Waals surface area contributed by atoms with E-state index in [0.29, 0.717) is 11.4 Å². The molecule has 1 aliphatic heterocycles. The summed E-state index contributed by atoms with van der Waals surface area (Å²) in [6, 6.07) is 8.24. The van der Waals surface area contributed by atoms with E-state index in [1.54, 1.807) is 4.80 Å². The number of carbonyl (C=O) groups excluding carboxylic acids is 1. The fraction of sp³-hybridized carbons (Fsp3) is 0.471. The fourth-order valence-electron chi connectivity index (χ4n) is 2.91. The Kier molecular flexibility index (Phi) is 3.96. The Morgan fingerprint density at radius 3 is 2.55 bits per heavy atom. The maximum Gasteiger partial charge on any atom is 0.276 e. The third-order valence-corrected chi connectivity index (χ3v) is 4.31. The second-order valence-electron chi connectivity index (χ2n) is 6.10. The van der Waals surface area contributed by atoms with E-state index in [9.17, 15) is 4.79 Å². The second-order valence-corrected chi connectivity index (χ2v) is 6.10. The largest absolute Gasteiger partial charge is 0.334 e. The smallest absolute Gasteiger partial charge is 0.276 e. The van der Waals surface area contributed by atoms with Gasteiger partial charge in [-0.1, -0.05) is 17.7 Å². The van der Waals surface area contributed by atoms with E-state index in [4.69, 9.17) is 0 Å². The molecule has 5 nitrogen and oxygen atoms in total. The minimum Gasteiger partial charge on any atom is -0.334 e. The molecular formula is C17H22N4O. The third kappa shape index (κ3) is 2.75. The van der Waals surface area contributed by atoms with Gasteiger partial charge in [0.05, 0.1) is 11.4 Å². The highest BCUT2D eigenvalue weighted by Gasteiger charge is 2.27. The molecule has 116 valence electrons. The zero-order valence-electron chi connectivity index (χ0n) is 13.4. The molecule has 1 unspecified atom stereocenters. The van der Waals surface area contributed by atoms with Gasteiger partial charge in [-0.15, -0.1) is 5.10 Å². The molecule has 1 aromatic carbocycles. The minimum absolute atomic E-state index is 0.00283. The molecule has 5 heteroatoms. The molecule has 1 aliphatic rings. The van der Waals surface area contributed by atoms with Crippen LogP contribution in [-0.2, 0) is 0 Å². The highest BCUT2D eigenvalue weighted by Crippen LogP contribution is 2.20. The van der Waals surface area contributed by atoms with E-state index in [0.717, 1.165) is 25.1 Å². The number of hydrogen-bond donors (Lipinski definition) is 0. The van der Waals surface area contributed by atoms with Crippen molar-refractivity contribution in [3.05, 3.63) is 41.2 Å². The monoisotopic (exact) mass is 298 g/mol. The zero-order valence-corrected chi connectivity index (χ0v) is 13.4. The number of piperidine rings is 1. The predicted molar refractivity (Wildman–Crippen MR) is 85.2 cm³/mol. The van der Waals surface area contributed by atoms with E-state index in [2.05, 4.69) is 17.1 Å². The van der Waals surface area contributed by atoms with Gasteiger partial charge in [0.15, 0.2) is 5.69 Å². The zero-order chi connectivity index (χ0) is 15.7. The SMILES string of the molecule is Cc1ccc(-n2nc(C)c(C(=O)N3CCCCC3C)n2)cc1. The molecule has 0 saturated carbocycles. The quantitative estimate of drug-likeness (QED) is 0.856. The molecule has 1 atom stereocenters. The Bertz CT molecular complexity index is 674. The number of likely N-dealkylation sites (tertiary alicyclic amines) is 1. The van der Waals surface area contributed by atoms with Crippen molar-refractivity contribution in [3.8, 4) is 5.69 Å². The van der Waals surface area contributed by atoms with Gasteiger partial charge in [-0.05, 0) is 52.2 Å². The van der Waals surface area contributed by atoms with E-state index in [1.165, 1.54) is 12.0 Å². The van der Waals surface area contributed by atoms with Crippen molar-refractivity contribution in [2.75, 3.05) is 6.54 Å². The van der Waals surface area contributed by atoms with Crippen molar-refractivity contribution < 1.29 is 4.79 Å². The van der Waals surface area contributed by atoms with Crippen molar-refractivity contribution in [2.45, 2.75) is 46.1 Å². The van der Waals surface area contributed by atoms with Gasteiger partial charge in [0, 0.05) is 12.6 Å². The first-order valence-electron chi connectivity index (χ1n) is 7.88. The van der Waals surface area contributed by atoms with Crippen molar-refractivity contribution in [2.24, 2.45) is 0 Å². The maximum absolute atomic E-state index is 12.7. The normalized spacial score (nSPS) is 18.5. The van der Waals surface area contributed by atoms with Crippen LogP contribution < -0.4 is 0 Å². The van der Waals surface area contributed by atoms with E-state index in [-0.39, 0.29) is 11.9 Å². The van der Waals surface area contributed by atoms with Crippen LogP contribution in [0, 0.1) is 13.8 Å². The first-order valence-corrected chi connectivity index (χ1v) is 7.88. The molecule has 2 aromatic rings. The lowest BCUT2D eigenvalue weighted by Crippen LogP contribution is -2.42. The standard InChI is InChI=1S/C17H22N4O/c1-12-7-9-15(10-8-12)21-18-14(3)16(19-21)17(22)20-11-5-4-6-13(20)2/h7-10,13H,4-6,11H2,1-3H3. The van der Waals surface area contributed by atoms with E-state index >= 15 is 0 Å². The number of aromatic nitrogens is 3. The molecule has 0 radical (unpaired) electrons. The number of amides is 1. The molecular weight excluding hydrogens is 276 g/mol. The van der Waals surface area contributed by atoms with E-state index in [1.807, 2.05) is 43.0 Å². The van der Waals surface area contributed by atoms with Crippen LogP contribution >= 0.6 is 0 Å². The summed E-state index contributed by atoms with van der Waals surface area (Å²) in [5.41, 5.74) is 3.21. The van der Waals surface area contributed by atoms with Crippen LogP contribution in [0.15, 0.2) is 24.3 Å². The minimum atomic E-state index is 0.00283. The number of carbonyl (C=O) groups is 1. The van der Waals surface area contributed by atoms with Crippen molar-refractivity contribution in [1.29, 1.82) is 0 Å². The van der Waals surface area contributed by atoms with Gasteiger partial charge in [0.1, 0.15) is 0 Å². The molecule has 3 rings (SSSR count). The third-order valence-electron chi connectivity index (χ3n) is 4.31. The first-order chi connectivity index (χ1) is 10.6. The fourth-order valence-corrected chi connectivity index (χ4v) is 2.91. The molecule has 2 heterocycles. The number of nitrogens with zero attached hydrogens (tertiary/aromatic N) is 4. The van der Waals surface area contributed by atoms with Gasteiger partial charge < -0.3 is 4.90 Å². The topological polar surface area (TPSA) is 51.0 Å². The average Bonchev–Trinajstić information content (AvgIpc) is 2.90. The number of aryl methyl sites for hydroxylation is 2. The number of rotatable bonds is 2. The first kappa shape index (κ1) is 14.8. The van der Waals surface area contributed by atoms with Crippen molar-refractivity contribution in [3.63, 3.8) is 0 Å². The van der Waals surface area contributed by atoms with Crippen LogP contribution in [0.1, 0.15) is 47.9 Å². The van der Waals surface area contributed by atoms with Crippen LogP contribution in [0.4, 0.5) is 0 Å². The summed E-state index contributed by atoms with van der Waals surface area (Å²) in [6.45, 7) is 6.81. The lowest BCUT2D eigenvalue weighted by molar-refractivity contribution is 0.0628. The van der Waals surface area contributed by atoms with Crippen molar-refractivity contribution >= 4 is 5.91 Å². The Morgan fingerprint density at radius 2 is 1.86 bits per heavy atom. The molecule has 1 saturated heterocycles. The van der Waals surface area contributed by atoms with Gasteiger partial charge in [-0.25, -0.2) is 0 Å². The van der Waals surface area contributed by atoms with Crippen LogP contribution in [-0.4, -0.2) is 38.4 Å². The summed E-state index contributed by atoms with van der Waals surface area (Å²) in [4.78, 5) is 16.2. The predicted octanol–water partition coefficient (Wildman–Crippen LogP) is 2.90. The van der Waals surface area contributed by atoms with Gasteiger partial charge in [-0.3, -0.25) is 4.79 Å². The number of hydrogen-bond acceptors (Lipinski definition) is 3. The summed E-state index contributed by atoms with van der Waals surface area (Å²) in [7, 11) is 0. The van der Waals surface area contributed by atoms with Crippen molar-refractivity contribution in [1.82, 2.24) is 19.9 Å². The molecule has 1 fully saturated rings. The molecule has 0 spiro atoms.